The predicted octanol–water partition coefficient (Wildman–Crippen LogP) is 16.3. The van der Waals surface area contributed by atoms with Crippen molar-refractivity contribution in [2.24, 2.45) is 0 Å². The molecule has 0 aromatic carbocycles. The van der Waals surface area contributed by atoms with E-state index in [0.717, 1.165) is 38.5 Å². The Bertz CT molecular complexity index is 908. The summed E-state index contributed by atoms with van der Waals surface area (Å²) in [5, 5.41) is 23.0. The molecule has 1 amide bonds. The van der Waals surface area contributed by atoms with Crippen LogP contribution in [0.25, 0.3) is 0 Å². The van der Waals surface area contributed by atoms with Crippen molar-refractivity contribution in [1.29, 1.82) is 0 Å². The van der Waals surface area contributed by atoms with Crippen molar-refractivity contribution in [3.8, 4) is 0 Å². The molecule has 0 aromatic heterocycles. The molecule has 0 radical (unpaired) electrons. The van der Waals surface area contributed by atoms with Crippen molar-refractivity contribution in [1.82, 2.24) is 5.32 Å². The zero-order chi connectivity index (χ0) is 41.4. The third-order valence-corrected chi connectivity index (χ3v) is 11.5. The Labute approximate surface area is 356 Å². The van der Waals surface area contributed by atoms with Gasteiger partial charge < -0.3 is 15.5 Å². The maximum atomic E-state index is 12.4. The first-order valence-corrected chi connectivity index (χ1v) is 25.4. The van der Waals surface area contributed by atoms with Crippen molar-refractivity contribution in [2.45, 2.75) is 276 Å². The molecule has 4 heteroatoms. The number of amides is 1. The third-order valence-electron chi connectivity index (χ3n) is 11.5. The van der Waals surface area contributed by atoms with Gasteiger partial charge in [-0.2, -0.15) is 0 Å². The summed E-state index contributed by atoms with van der Waals surface area (Å²) in [7, 11) is 0. The quantitative estimate of drug-likeness (QED) is 0.0424. The van der Waals surface area contributed by atoms with Gasteiger partial charge in [0, 0.05) is 6.42 Å². The molecule has 57 heavy (non-hydrogen) atoms. The number of aliphatic hydroxyl groups is 2. The van der Waals surface area contributed by atoms with Crippen LogP contribution in [0.3, 0.4) is 0 Å². The van der Waals surface area contributed by atoms with E-state index in [1.807, 2.05) is 6.08 Å². The fraction of sp³-hybridized carbons (Fsp3) is 0.830. The van der Waals surface area contributed by atoms with E-state index in [1.165, 1.54) is 205 Å². The number of nitrogens with one attached hydrogen (secondary N) is 1. The molecule has 0 aliphatic rings. The van der Waals surface area contributed by atoms with Gasteiger partial charge in [0.1, 0.15) is 0 Å². The van der Waals surface area contributed by atoms with Crippen LogP contribution in [-0.2, 0) is 4.79 Å². The van der Waals surface area contributed by atoms with E-state index in [1.54, 1.807) is 6.08 Å². The van der Waals surface area contributed by atoms with Gasteiger partial charge in [0.05, 0.1) is 18.8 Å². The first-order valence-electron chi connectivity index (χ1n) is 25.4. The molecule has 3 N–H and O–H groups in total. The van der Waals surface area contributed by atoms with Gasteiger partial charge >= 0.3 is 0 Å². The number of hydrogen-bond donors (Lipinski definition) is 3. The van der Waals surface area contributed by atoms with Gasteiger partial charge in [-0.05, 0) is 70.6 Å². The second-order valence-corrected chi connectivity index (χ2v) is 17.2. The summed E-state index contributed by atoms with van der Waals surface area (Å²) in [6.45, 7) is 4.28. The van der Waals surface area contributed by atoms with E-state index < -0.39 is 12.1 Å². The van der Waals surface area contributed by atoms with E-state index in [9.17, 15) is 15.0 Å². The number of hydrogen-bond acceptors (Lipinski definition) is 3. The van der Waals surface area contributed by atoms with E-state index in [-0.39, 0.29) is 12.5 Å². The Balaban J connectivity index is 3.48. The van der Waals surface area contributed by atoms with Crippen LogP contribution in [0.4, 0.5) is 0 Å². The van der Waals surface area contributed by atoms with Crippen LogP contribution in [0.15, 0.2) is 48.6 Å². The number of unbranched alkanes of at least 4 members (excludes halogenated alkanes) is 33. The SMILES string of the molecule is CCCCCC/C=C/CC/C=C/CC/C=C/C(O)C(CO)NC(=O)CCCCCCCCCCCCCCCCC/C=C\CCCCCCCCCCCCCC. The van der Waals surface area contributed by atoms with Crippen LogP contribution in [0.1, 0.15) is 264 Å². The summed E-state index contributed by atoms with van der Waals surface area (Å²) >= 11 is 0. The minimum absolute atomic E-state index is 0.0769. The topological polar surface area (TPSA) is 69.6 Å². The lowest BCUT2D eigenvalue weighted by atomic mass is 10.0. The largest absolute Gasteiger partial charge is 0.394 e. The van der Waals surface area contributed by atoms with Gasteiger partial charge in [-0.3, -0.25) is 4.79 Å². The molecule has 0 rings (SSSR count). The standard InChI is InChI=1S/C53H99NO3/c1-3-5-7-9-11-13-15-17-19-20-21-22-23-24-25-26-27-28-29-30-31-32-33-34-35-37-39-41-43-45-47-49-53(57)54-51(50-55)52(56)48-46-44-42-40-38-36-18-16-14-12-10-8-6-4-2/h14,16,24-25,38,40,46,48,51-52,55-56H,3-13,15,17-23,26-37,39,41-45,47,49-50H2,1-2H3,(H,54,57)/b16-14+,25-24-,40-38+,48-46+. The Kier molecular flexibility index (Phi) is 47.3. The van der Waals surface area contributed by atoms with Crippen LogP contribution >= 0.6 is 0 Å². The van der Waals surface area contributed by atoms with Crippen LogP contribution in [0, 0.1) is 0 Å². The fourth-order valence-electron chi connectivity index (χ4n) is 7.62. The van der Waals surface area contributed by atoms with Gasteiger partial charge in [0.15, 0.2) is 0 Å². The Hall–Kier alpha value is -1.65. The summed E-state index contributed by atoms with van der Waals surface area (Å²) < 4.78 is 0. The minimum Gasteiger partial charge on any atom is -0.394 e. The molecule has 2 atom stereocenters. The molecular weight excluding hydrogens is 699 g/mol. The predicted molar refractivity (Wildman–Crippen MR) is 253 cm³/mol. The second kappa shape index (κ2) is 48.7. The van der Waals surface area contributed by atoms with Gasteiger partial charge in [-0.25, -0.2) is 0 Å². The normalized spacial score (nSPS) is 13.3. The van der Waals surface area contributed by atoms with Crippen molar-refractivity contribution in [3.63, 3.8) is 0 Å². The smallest absolute Gasteiger partial charge is 0.220 e. The second-order valence-electron chi connectivity index (χ2n) is 17.2. The van der Waals surface area contributed by atoms with Gasteiger partial charge in [0.25, 0.3) is 0 Å². The molecule has 0 fully saturated rings. The fourth-order valence-corrected chi connectivity index (χ4v) is 7.62. The third kappa shape index (κ3) is 45.3. The summed E-state index contributed by atoms with van der Waals surface area (Å²) in [5.74, 6) is -0.0769. The van der Waals surface area contributed by atoms with Crippen LogP contribution in [0.2, 0.25) is 0 Å². The summed E-state index contributed by atoms with van der Waals surface area (Å²) in [6, 6.07) is -0.644. The Morgan fingerprint density at radius 3 is 1.04 bits per heavy atom. The lowest BCUT2D eigenvalue weighted by Crippen LogP contribution is -2.45. The number of aliphatic hydroxyl groups excluding tert-OH is 2. The van der Waals surface area contributed by atoms with Crippen molar-refractivity contribution < 1.29 is 15.0 Å². The average Bonchev–Trinajstić information content (AvgIpc) is 3.22. The zero-order valence-electron chi connectivity index (χ0n) is 38.4. The number of rotatable bonds is 46. The van der Waals surface area contributed by atoms with E-state index in [4.69, 9.17) is 0 Å². The highest BCUT2D eigenvalue weighted by Gasteiger charge is 2.17. The molecule has 4 nitrogen and oxygen atoms in total. The lowest BCUT2D eigenvalue weighted by molar-refractivity contribution is -0.123. The van der Waals surface area contributed by atoms with E-state index >= 15 is 0 Å². The maximum absolute atomic E-state index is 12.4. The number of carbonyl (C=O) groups is 1. The van der Waals surface area contributed by atoms with Gasteiger partial charge in [-0.15, -0.1) is 0 Å². The molecule has 0 aliphatic carbocycles. The van der Waals surface area contributed by atoms with Gasteiger partial charge in [0.2, 0.25) is 5.91 Å². The molecule has 2 unspecified atom stereocenters. The van der Waals surface area contributed by atoms with E-state index in [2.05, 4.69) is 55.6 Å². The highest BCUT2D eigenvalue weighted by Crippen LogP contribution is 2.16. The molecule has 0 heterocycles. The Morgan fingerprint density at radius 2 is 0.684 bits per heavy atom. The van der Waals surface area contributed by atoms with Crippen LogP contribution in [0.5, 0.6) is 0 Å². The number of carbonyl (C=O) groups excluding carboxylic acids is 1. The van der Waals surface area contributed by atoms with Crippen LogP contribution in [-0.4, -0.2) is 34.9 Å². The molecule has 0 saturated heterocycles. The average molecular weight is 798 g/mol. The molecule has 0 aromatic rings. The molecular formula is C53H99NO3. The summed E-state index contributed by atoms with van der Waals surface area (Å²) in [6.07, 6.45) is 66.9. The molecule has 334 valence electrons. The highest BCUT2D eigenvalue weighted by atomic mass is 16.3. The monoisotopic (exact) mass is 798 g/mol. The zero-order valence-corrected chi connectivity index (χ0v) is 38.4. The minimum atomic E-state index is -0.869. The molecule has 0 aliphatic heterocycles. The van der Waals surface area contributed by atoms with Crippen molar-refractivity contribution in [3.05, 3.63) is 48.6 Å². The number of allylic oxidation sites excluding steroid dienone is 7. The summed E-state index contributed by atoms with van der Waals surface area (Å²) in [5.41, 5.74) is 0. The Morgan fingerprint density at radius 1 is 0.404 bits per heavy atom. The maximum Gasteiger partial charge on any atom is 0.220 e. The van der Waals surface area contributed by atoms with Crippen molar-refractivity contribution >= 4 is 5.91 Å². The lowest BCUT2D eigenvalue weighted by Gasteiger charge is -2.19. The molecule has 0 spiro atoms. The highest BCUT2D eigenvalue weighted by molar-refractivity contribution is 5.76. The van der Waals surface area contributed by atoms with E-state index in [0.29, 0.717) is 6.42 Å². The first kappa shape index (κ1) is 55.4. The molecule has 0 saturated carbocycles. The van der Waals surface area contributed by atoms with Gasteiger partial charge in [-0.1, -0.05) is 236 Å². The van der Waals surface area contributed by atoms with Crippen LogP contribution < -0.4 is 5.32 Å². The summed E-state index contributed by atoms with van der Waals surface area (Å²) in [4.78, 5) is 12.4. The first-order chi connectivity index (χ1) is 28.2. The molecule has 0 bridgehead atoms. The van der Waals surface area contributed by atoms with Crippen molar-refractivity contribution in [2.75, 3.05) is 6.61 Å².